The van der Waals surface area contributed by atoms with Gasteiger partial charge in [-0.05, 0) is 18.6 Å². The van der Waals surface area contributed by atoms with Gasteiger partial charge in [-0.1, -0.05) is 19.1 Å². The molecule has 5 nitrogen and oxygen atoms in total. The molecule has 1 aromatic rings. The van der Waals surface area contributed by atoms with E-state index in [1.807, 2.05) is 0 Å². The highest BCUT2D eigenvalue weighted by Gasteiger charge is 2.29. The molecule has 0 saturated carbocycles. The van der Waals surface area contributed by atoms with Crippen LogP contribution in [0, 0.1) is 0 Å². The van der Waals surface area contributed by atoms with E-state index in [4.69, 9.17) is 4.74 Å². The summed E-state index contributed by atoms with van der Waals surface area (Å²) in [6, 6.07) is 6.80. The van der Waals surface area contributed by atoms with E-state index in [1.165, 1.54) is 7.11 Å². The molecule has 0 saturated heterocycles. The lowest BCUT2D eigenvalue weighted by molar-refractivity contribution is 0.0650. The molecule has 1 aromatic carbocycles. The second-order valence-electron chi connectivity index (χ2n) is 4.10. The normalized spacial score (nSPS) is 11.1. The Morgan fingerprint density at radius 1 is 1.33 bits per heavy atom. The van der Waals surface area contributed by atoms with Gasteiger partial charge in [0.2, 0.25) is 0 Å². The van der Waals surface area contributed by atoms with Crippen molar-refractivity contribution in [2.24, 2.45) is 0 Å². The molecule has 0 spiro atoms. The molecule has 0 heterocycles. The average molecular weight is 253 g/mol. The van der Waals surface area contributed by atoms with Gasteiger partial charge in [0.1, 0.15) is 5.75 Å². The number of benzene rings is 1. The first-order valence-electron chi connectivity index (χ1n) is 5.79. The van der Waals surface area contributed by atoms with Gasteiger partial charge in [-0.15, -0.1) is 0 Å². The Morgan fingerprint density at radius 3 is 2.44 bits per heavy atom. The maximum Gasteiger partial charge on any atom is 0.255 e. The number of methoxy groups -OCH3 is 1. The van der Waals surface area contributed by atoms with Gasteiger partial charge in [0.15, 0.2) is 0 Å². The van der Waals surface area contributed by atoms with Crippen molar-refractivity contribution >= 4 is 5.91 Å². The molecule has 0 unspecified atom stereocenters. The molecule has 18 heavy (non-hydrogen) atoms. The van der Waals surface area contributed by atoms with Crippen molar-refractivity contribution in [2.75, 3.05) is 20.3 Å². The van der Waals surface area contributed by atoms with E-state index in [1.54, 1.807) is 31.2 Å². The summed E-state index contributed by atoms with van der Waals surface area (Å²) in [4.78, 5) is 12.1. The Bertz CT molecular complexity index is 393. The molecule has 0 atom stereocenters. The number of nitrogens with one attached hydrogen (secondary N) is 1. The first kappa shape index (κ1) is 14.5. The summed E-state index contributed by atoms with van der Waals surface area (Å²) >= 11 is 0. The monoisotopic (exact) mass is 253 g/mol. The van der Waals surface area contributed by atoms with E-state index in [-0.39, 0.29) is 19.1 Å². The van der Waals surface area contributed by atoms with Crippen molar-refractivity contribution in [3.8, 4) is 5.75 Å². The summed E-state index contributed by atoms with van der Waals surface area (Å²) < 4.78 is 5.10. The maximum atomic E-state index is 12.1. The third-order valence-corrected chi connectivity index (χ3v) is 3.01. The van der Waals surface area contributed by atoms with E-state index in [2.05, 4.69) is 5.32 Å². The largest absolute Gasteiger partial charge is 0.496 e. The molecule has 1 rings (SSSR count). The van der Waals surface area contributed by atoms with Crippen molar-refractivity contribution in [2.45, 2.75) is 18.9 Å². The second kappa shape index (κ2) is 6.37. The zero-order chi connectivity index (χ0) is 13.6. The van der Waals surface area contributed by atoms with Crippen molar-refractivity contribution in [3.05, 3.63) is 29.8 Å². The quantitative estimate of drug-likeness (QED) is 0.692. The first-order chi connectivity index (χ1) is 8.62. The maximum absolute atomic E-state index is 12.1. The molecular formula is C13H19NO4. The molecule has 0 radical (unpaired) electrons. The smallest absolute Gasteiger partial charge is 0.255 e. The van der Waals surface area contributed by atoms with Crippen LogP contribution in [0.1, 0.15) is 23.7 Å². The lowest BCUT2D eigenvalue weighted by atomic mass is 9.97. The Morgan fingerprint density at radius 2 is 1.94 bits per heavy atom. The minimum Gasteiger partial charge on any atom is -0.496 e. The fourth-order valence-corrected chi connectivity index (χ4v) is 1.58. The molecule has 3 N–H and O–H groups in total. The summed E-state index contributed by atoms with van der Waals surface area (Å²) in [5.74, 6) is 0.0771. The zero-order valence-electron chi connectivity index (χ0n) is 10.6. The van der Waals surface area contributed by atoms with Crippen LogP contribution in [0.2, 0.25) is 0 Å². The van der Waals surface area contributed by atoms with Crippen LogP contribution in [0.5, 0.6) is 5.75 Å². The van der Waals surface area contributed by atoms with Gasteiger partial charge in [0, 0.05) is 0 Å². The predicted molar refractivity (Wildman–Crippen MR) is 67.7 cm³/mol. The van der Waals surface area contributed by atoms with E-state index in [0.29, 0.717) is 17.7 Å². The number of hydrogen-bond acceptors (Lipinski definition) is 4. The Labute approximate surface area is 106 Å². The molecule has 1 amide bonds. The standard InChI is InChI=1S/C13H19NO4/c1-3-13(8-15,9-16)14-12(17)10-6-4-5-7-11(10)18-2/h4-7,15-16H,3,8-9H2,1-2H3,(H,14,17). The van der Waals surface area contributed by atoms with Crippen LogP contribution in [-0.4, -0.2) is 42.0 Å². The molecule has 0 aliphatic heterocycles. The van der Waals surface area contributed by atoms with Gasteiger partial charge in [0.05, 0.1) is 31.4 Å². The molecule has 0 bridgehead atoms. The zero-order valence-corrected chi connectivity index (χ0v) is 10.6. The number of para-hydroxylation sites is 1. The molecule has 100 valence electrons. The predicted octanol–water partition coefficient (Wildman–Crippen LogP) is 0.558. The van der Waals surface area contributed by atoms with Crippen LogP contribution >= 0.6 is 0 Å². The third-order valence-electron chi connectivity index (χ3n) is 3.01. The summed E-state index contributed by atoms with van der Waals surface area (Å²) in [5.41, 5.74) is -0.627. The van der Waals surface area contributed by atoms with Crippen LogP contribution in [0.3, 0.4) is 0 Å². The van der Waals surface area contributed by atoms with Crippen molar-refractivity contribution < 1.29 is 19.7 Å². The van der Waals surface area contributed by atoms with E-state index < -0.39 is 5.54 Å². The average Bonchev–Trinajstić information content (AvgIpc) is 2.44. The number of aliphatic hydroxyl groups excluding tert-OH is 2. The minimum atomic E-state index is -1.00. The van der Waals surface area contributed by atoms with Crippen LogP contribution in [0.25, 0.3) is 0 Å². The molecule has 0 fully saturated rings. The highest BCUT2D eigenvalue weighted by Crippen LogP contribution is 2.18. The lowest BCUT2D eigenvalue weighted by Gasteiger charge is -2.29. The Hall–Kier alpha value is -1.59. The summed E-state index contributed by atoms with van der Waals surface area (Å²) in [6.07, 6.45) is 0.431. The van der Waals surface area contributed by atoms with Gasteiger partial charge in [-0.2, -0.15) is 0 Å². The van der Waals surface area contributed by atoms with Crippen LogP contribution in [-0.2, 0) is 0 Å². The van der Waals surface area contributed by atoms with E-state index >= 15 is 0 Å². The third kappa shape index (κ3) is 3.00. The Kier molecular flexibility index (Phi) is 5.12. The SMILES string of the molecule is CCC(CO)(CO)NC(=O)c1ccccc1OC. The van der Waals surface area contributed by atoms with E-state index in [0.717, 1.165) is 0 Å². The summed E-state index contributed by atoms with van der Waals surface area (Å²) in [6.45, 7) is 1.15. The van der Waals surface area contributed by atoms with Gasteiger partial charge in [0.25, 0.3) is 5.91 Å². The molecule has 5 heteroatoms. The number of ether oxygens (including phenoxy) is 1. The summed E-state index contributed by atoms with van der Waals surface area (Å²) in [5, 5.41) is 21.2. The lowest BCUT2D eigenvalue weighted by Crippen LogP contribution is -2.53. The van der Waals surface area contributed by atoms with Crippen LogP contribution < -0.4 is 10.1 Å². The van der Waals surface area contributed by atoms with Gasteiger partial charge in [-0.25, -0.2) is 0 Å². The molecule has 0 aromatic heterocycles. The minimum absolute atomic E-state index is 0.319. The number of amides is 1. The number of rotatable bonds is 6. The second-order valence-corrected chi connectivity index (χ2v) is 4.10. The first-order valence-corrected chi connectivity index (χ1v) is 5.79. The molecule has 0 aliphatic rings. The van der Waals surface area contributed by atoms with E-state index in [9.17, 15) is 15.0 Å². The number of carbonyl (C=O) groups is 1. The number of hydrogen-bond donors (Lipinski definition) is 3. The highest BCUT2D eigenvalue weighted by molar-refractivity contribution is 5.97. The van der Waals surface area contributed by atoms with Crippen molar-refractivity contribution in [1.29, 1.82) is 0 Å². The van der Waals surface area contributed by atoms with Crippen LogP contribution in [0.4, 0.5) is 0 Å². The number of carbonyl (C=O) groups excluding carboxylic acids is 1. The fourth-order valence-electron chi connectivity index (χ4n) is 1.58. The fraction of sp³-hybridized carbons (Fsp3) is 0.462. The van der Waals surface area contributed by atoms with Gasteiger partial charge < -0.3 is 20.3 Å². The van der Waals surface area contributed by atoms with Gasteiger partial charge >= 0.3 is 0 Å². The van der Waals surface area contributed by atoms with Crippen molar-refractivity contribution in [3.63, 3.8) is 0 Å². The van der Waals surface area contributed by atoms with Crippen molar-refractivity contribution in [1.82, 2.24) is 5.32 Å². The molecular weight excluding hydrogens is 234 g/mol. The van der Waals surface area contributed by atoms with Gasteiger partial charge in [-0.3, -0.25) is 4.79 Å². The highest BCUT2D eigenvalue weighted by atomic mass is 16.5. The topological polar surface area (TPSA) is 78.8 Å². The summed E-state index contributed by atoms with van der Waals surface area (Å²) in [7, 11) is 1.48. The molecule has 0 aliphatic carbocycles. The number of aliphatic hydroxyl groups is 2. The van der Waals surface area contributed by atoms with Crippen LogP contribution in [0.15, 0.2) is 24.3 Å². The Balaban J connectivity index is 2.94.